The van der Waals surface area contributed by atoms with Gasteiger partial charge in [0.15, 0.2) is 0 Å². The number of hydrogen-bond donors (Lipinski definition) is 0. The molecule has 1 saturated heterocycles. The fraction of sp³-hybridized carbons (Fsp3) is 0.300. The molecule has 0 radical (unpaired) electrons. The first kappa shape index (κ1) is 14.9. The van der Waals surface area contributed by atoms with Gasteiger partial charge in [0.05, 0.1) is 12.3 Å². The number of fused-ring (bicyclic) bond motifs is 1. The second-order valence-corrected chi connectivity index (χ2v) is 6.35. The Bertz CT molecular complexity index is 815. The van der Waals surface area contributed by atoms with Gasteiger partial charge in [0.25, 0.3) is 0 Å². The van der Waals surface area contributed by atoms with E-state index in [1.807, 2.05) is 30.5 Å². The lowest BCUT2D eigenvalue weighted by molar-refractivity contribution is -0.0661. The van der Waals surface area contributed by atoms with Gasteiger partial charge in [0.1, 0.15) is 11.4 Å². The molecule has 2 aliphatic rings. The first-order valence-electron chi connectivity index (χ1n) is 8.22. The first-order chi connectivity index (χ1) is 11.8. The van der Waals surface area contributed by atoms with Gasteiger partial charge in [-0.15, -0.1) is 0 Å². The summed E-state index contributed by atoms with van der Waals surface area (Å²) in [7, 11) is 0. The summed E-state index contributed by atoms with van der Waals surface area (Å²) in [6.45, 7) is 1.33. The zero-order chi connectivity index (χ0) is 16.4. The Morgan fingerprint density at radius 3 is 2.71 bits per heavy atom. The smallest absolute Gasteiger partial charge is 0.205 e. The molecule has 0 saturated carbocycles. The maximum absolute atomic E-state index is 9.11. The van der Waals surface area contributed by atoms with Gasteiger partial charge in [-0.2, -0.15) is 10.3 Å². The lowest BCUT2D eigenvalue weighted by Gasteiger charge is -2.41. The topological polar surface area (TPSA) is 54.6 Å². The van der Waals surface area contributed by atoms with Crippen LogP contribution in [-0.4, -0.2) is 24.5 Å². The van der Waals surface area contributed by atoms with E-state index in [4.69, 9.17) is 14.7 Å². The van der Waals surface area contributed by atoms with Crippen molar-refractivity contribution in [1.29, 1.82) is 5.26 Å². The number of benzene rings is 2. The molecule has 1 unspecified atom stereocenters. The minimum atomic E-state index is -0.380. The minimum absolute atomic E-state index is 0.380. The van der Waals surface area contributed by atoms with Crippen molar-refractivity contribution in [1.82, 2.24) is 0 Å². The van der Waals surface area contributed by atoms with Gasteiger partial charge in [-0.05, 0) is 36.1 Å². The average molecular weight is 318 g/mol. The molecule has 1 fully saturated rings. The van der Waals surface area contributed by atoms with Crippen LogP contribution in [0, 0.1) is 11.5 Å². The molecule has 0 amide bonds. The van der Waals surface area contributed by atoms with Gasteiger partial charge in [0, 0.05) is 18.6 Å². The number of hydrogen-bond acceptors (Lipinski definition) is 4. The molecule has 0 bridgehead atoms. The van der Waals surface area contributed by atoms with E-state index in [1.165, 1.54) is 0 Å². The van der Waals surface area contributed by atoms with Gasteiger partial charge in [-0.1, -0.05) is 36.4 Å². The van der Waals surface area contributed by atoms with Gasteiger partial charge < -0.3 is 9.47 Å². The Balaban J connectivity index is 1.77. The Labute approximate surface area is 141 Å². The summed E-state index contributed by atoms with van der Waals surface area (Å²) >= 11 is 0. The zero-order valence-corrected chi connectivity index (χ0v) is 13.4. The van der Waals surface area contributed by atoms with Crippen LogP contribution in [0.4, 0.5) is 0 Å². The molecule has 4 rings (SSSR count). The van der Waals surface area contributed by atoms with Crippen LogP contribution >= 0.6 is 0 Å². The fourth-order valence-corrected chi connectivity index (χ4v) is 3.53. The number of nitriles is 1. The second kappa shape index (κ2) is 6.10. The molecule has 120 valence electrons. The molecular weight excluding hydrogens is 300 g/mol. The molecule has 2 aromatic carbocycles. The summed E-state index contributed by atoms with van der Waals surface area (Å²) < 4.78 is 11.9. The molecule has 2 aliphatic heterocycles. The van der Waals surface area contributed by atoms with Gasteiger partial charge in [0.2, 0.25) is 6.19 Å². The van der Waals surface area contributed by atoms with Crippen LogP contribution < -0.4 is 4.74 Å². The Kier molecular flexibility index (Phi) is 3.79. The third-order valence-electron chi connectivity index (χ3n) is 4.68. The van der Waals surface area contributed by atoms with E-state index in [0.29, 0.717) is 13.0 Å². The van der Waals surface area contributed by atoms with Crippen molar-refractivity contribution in [2.45, 2.75) is 24.9 Å². The van der Waals surface area contributed by atoms with Crippen molar-refractivity contribution < 1.29 is 9.47 Å². The van der Waals surface area contributed by atoms with E-state index < -0.39 is 0 Å². The van der Waals surface area contributed by atoms with Crippen LogP contribution in [0.15, 0.2) is 53.5 Å². The molecule has 1 atom stereocenters. The van der Waals surface area contributed by atoms with Crippen LogP contribution in [0.1, 0.15) is 24.8 Å². The number of nitrogens with zero attached hydrogens (tertiary/aromatic N) is 2. The van der Waals surface area contributed by atoms with E-state index in [2.05, 4.69) is 29.3 Å². The number of ether oxygens (including phenoxy) is 2. The predicted molar refractivity (Wildman–Crippen MR) is 92.1 cm³/mol. The highest BCUT2D eigenvalue weighted by molar-refractivity contribution is 6.05. The highest BCUT2D eigenvalue weighted by Gasteiger charge is 2.41. The summed E-state index contributed by atoms with van der Waals surface area (Å²) in [6.07, 6.45) is 4.47. The SMILES string of the molecule is N#CN=C1CC2(CCCOC2)Oc2ccc(-c3ccccc3)cc21. The molecule has 4 heteroatoms. The molecular formula is C20H18N2O2. The third-order valence-corrected chi connectivity index (χ3v) is 4.68. The molecule has 2 heterocycles. The molecule has 24 heavy (non-hydrogen) atoms. The number of aliphatic imine (C=N–C) groups is 1. The van der Waals surface area contributed by atoms with Crippen molar-refractivity contribution >= 4 is 5.71 Å². The first-order valence-corrected chi connectivity index (χ1v) is 8.22. The van der Waals surface area contributed by atoms with Gasteiger partial charge in [-0.25, -0.2) is 0 Å². The Morgan fingerprint density at radius 2 is 1.96 bits per heavy atom. The second-order valence-electron chi connectivity index (χ2n) is 6.35. The van der Waals surface area contributed by atoms with Crippen molar-refractivity contribution in [3.63, 3.8) is 0 Å². The van der Waals surface area contributed by atoms with Crippen LogP contribution in [0.5, 0.6) is 5.75 Å². The zero-order valence-electron chi connectivity index (χ0n) is 13.4. The van der Waals surface area contributed by atoms with E-state index in [0.717, 1.165) is 47.6 Å². The van der Waals surface area contributed by atoms with Crippen molar-refractivity contribution in [3.05, 3.63) is 54.1 Å². The summed E-state index contributed by atoms with van der Waals surface area (Å²) in [5.41, 5.74) is 3.56. The van der Waals surface area contributed by atoms with Crippen molar-refractivity contribution in [2.75, 3.05) is 13.2 Å². The molecule has 0 N–H and O–H groups in total. The summed E-state index contributed by atoms with van der Waals surface area (Å²) in [4.78, 5) is 4.10. The lowest BCUT2D eigenvalue weighted by Crippen LogP contribution is -2.48. The van der Waals surface area contributed by atoms with E-state index in [1.54, 1.807) is 0 Å². The maximum atomic E-state index is 9.11. The van der Waals surface area contributed by atoms with Gasteiger partial charge >= 0.3 is 0 Å². The van der Waals surface area contributed by atoms with Crippen molar-refractivity contribution in [3.8, 4) is 23.1 Å². The third kappa shape index (κ3) is 2.68. The largest absolute Gasteiger partial charge is 0.484 e. The molecule has 4 nitrogen and oxygen atoms in total. The summed E-state index contributed by atoms with van der Waals surface area (Å²) in [6, 6.07) is 16.3. The molecule has 1 spiro atoms. The average Bonchev–Trinajstić information content (AvgIpc) is 2.63. The Hall–Kier alpha value is -2.64. The molecule has 2 aromatic rings. The fourth-order valence-electron chi connectivity index (χ4n) is 3.53. The van der Waals surface area contributed by atoms with Crippen LogP contribution in [0.25, 0.3) is 11.1 Å². The highest BCUT2D eigenvalue weighted by Crippen LogP contribution is 2.39. The molecule has 0 aromatic heterocycles. The monoisotopic (exact) mass is 318 g/mol. The maximum Gasteiger partial charge on any atom is 0.205 e. The van der Waals surface area contributed by atoms with Crippen LogP contribution in [0.2, 0.25) is 0 Å². The van der Waals surface area contributed by atoms with Crippen LogP contribution in [-0.2, 0) is 4.74 Å². The highest BCUT2D eigenvalue weighted by atomic mass is 16.5. The van der Waals surface area contributed by atoms with Crippen molar-refractivity contribution in [2.24, 2.45) is 4.99 Å². The van der Waals surface area contributed by atoms with E-state index in [-0.39, 0.29) is 5.60 Å². The van der Waals surface area contributed by atoms with E-state index >= 15 is 0 Å². The minimum Gasteiger partial charge on any atom is -0.484 e. The van der Waals surface area contributed by atoms with Gasteiger partial charge in [-0.3, -0.25) is 0 Å². The predicted octanol–water partition coefficient (Wildman–Crippen LogP) is 3.96. The normalized spacial score (nSPS) is 24.2. The summed E-state index contributed by atoms with van der Waals surface area (Å²) in [5.74, 6) is 0.792. The molecule has 0 aliphatic carbocycles. The summed E-state index contributed by atoms with van der Waals surface area (Å²) in [5, 5.41) is 9.11. The number of rotatable bonds is 1. The van der Waals surface area contributed by atoms with E-state index in [9.17, 15) is 0 Å². The quantitative estimate of drug-likeness (QED) is 0.748. The lowest BCUT2D eigenvalue weighted by atomic mass is 9.84. The standard InChI is InChI=1S/C20H18N2O2/c21-14-22-18-12-20(9-4-10-23-13-20)24-19-8-7-16(11-17(18)19)15-5-2-1-3-6-15/h1-3,5-8,11H,4,9-10,12-13H2. The Morgan fingerprint density at radius 1 is 1.08 bits per heavy atom. The van der Waals surface area contributed by atoms with Crippen LogP contribution in [0.3, 0.4) is 0 Å².